The summed E-state index contributed by atoms with van der Waals surface area (Å²) < 4.78 is 13.8. The number of carboxylic acids is 1. The number of carboxylic acid groups (broad SMARTS) is 1. The van der Waals surface area contributed by atoms with Gasteiger partial charge in [0.15, 0.2) is 0 Å². The molecule has 2 atom stereocenters. The molecular formula is C23H26FNO2. The zero-order chi connectivity index (χ0) is 19.4. The molecule has 1 N–H and O–H groups in total. The minimum Gasteiger partial charge on any atom is -0.478 e. The van der Waals surface area contributed by atoms with Gasteiger partial charge in [-0.25, -0.2) is 9.18 Å². The molecule has 0 bridgehead atoms. The number of halogens is 1. The molecule has 142 valence electrons. The predicted octanol–water partition coefficient (Wildman–Crippen LogP) is 5.05. The van der Waals surface area contributed by atoms with Gasteiger partial charge >= 0.3 is 5.97 Å². The second-order valence-corrected chi connectivity index (χ2v) is 7.66. The van der Waals surface area contributed by atoms with E-state index in [9.17, 15) is 14.3 Å². The molecule has 0 aliphatic heterocycles. The van der Waals surface area contributed by atoms with E-state index in [-0.39, 0.29) is 11.7 Å². The Kier molecular flexibility index (Phi) is 6.07. The second-order valence-electron chi connectivity index (χ2n) is 7.66. The van der Waals surface area contributed by atoms with E-state index in [4.69, 9.17) is 0 Å². The molecule has 0 amide bonds. The van der Waals surface area contributed by atoms with E-state index in [0.717, 1.165) is 36.9 Å². The molecule has 0 saturated heterocycles. The zero-order valence-electron chi connectivity index (χ0n) is 15.9. The summed E-state index contributed by atoms with van der Waals surface area (Å²) in [5.74, 6) is -0.362. The highest BCUT2D eigenvalue weighted by molar-refractivity contribution is 5.88. The molecular weight excluding hydrogens is 341 g/mol. The first kappa shape index (κ1) is 19.3. The summed E-state index contributed by atoms with van der Waals surface area (Å²) in [5, 5.41) is 9.19. The first-order valence-corrected chi connectivity index (χ1v) is 9.35. The number of nitrogens with zero attached hydrogens (tertiary/aromatic N) is 1. The Morgan fingerprint density at radius 1 is 1.22 bits per heavy atom. The van der Waals surface area contributed by atoms with Crippen LogP contribution in [0.1, 0.15) is 46.7 Å². The smallest absolute Gasteiger partial charge is 0.335 e. The van der Waals surface area contributed by atoms with Crippen molar-refractivity contribution < 1.29 is 14.3 Å². The molecule has 3 rings (SSSR count). The monoisotopic (exact) mass is 367 g/mol. The third-order valence-electron chi connectivity index (χ3n) is 5.27. The summed E-state index contributed by atoms with van der Waals surface area (Å²) in [5.41, 5.74) is 3.55. The van der Waals surface area contributed by atoms with E-state index in [0.29, 0.717) is 11.5 Å². The van der Waals surface area contributed by atoms with Crippen LogP contribution in [0.2, 0.25) is 0 Å². The van der Waals surface area contributed by atoms with E-state index in [1.54, 1.807) is 30.3 Å². The lowest BCUT2D eigenvalue weighted by Crippen LogP contribution is -2.29. The largest absolute Gasteiger partial charge is 0.478 e. The molecule has 3 nitrogen and oxygen atoms in total. The molecule has 4 heteroatoms. The van der Waals surface area contributed by atoms with Crippen molar-refractivity contribution in [2.45, 2.75) is 25.2 Å². The van der Waals surface area contributed by atoms with Crippen LogP contribution in [0.25, 0.3) is 6.08 Å². The average molecular weight is 367 g/mol. The van der Waals surface area contributed by atoms with Crippen molar-refractivity contribution in [1.82, 2.24) is 4.90 Å². The molecule has 2 aromatic rings. The van der Waals surface area contributed by atoms with Crippen LogP contribution in [0.3, 0.4) is 0 Å². The van der Waals surface area contributed by atoms with Crippen molar-refractivity contribution in [3.05, 3.63) is 76.6 Å². The Morgan fingerprint density at radius 2 is 2.00 bits per heavy atom. The van der Waals surface area contributed by atoms with E-state index in [2.05, 4.69) is 25.1 Å². The molecule has 0 heterocycles. The Hall–Kier alpha value is -2.46. The number of rotatable bonds is 5. The van der Waals surface area contributed by atoms with Gasteiger partial charge in [-0.1, -0.05) is 35.9 Å². The van der Waals surface area contributed by atoms with Gasteiger partial charge in [-0.15, -0.1) is 0 Å². The first-order valence-electron chi connectivity index (χ1n) is 9.35. The molecule has 2 aromatic carbocycles. The van der Waals surface area contributed by atoms with Gasteiger partial charge in [0.1, 0.15) is 5.82 Å². The van der Waals surface area contributed by atoms with E-state index < -0.39 is 5.97 Å². The van der Waals surface area contributed by atoms with Crippen LogP contribution in [0.4, 0.5) is 4.39 Å². The molecule has 1 aliphatic rings. The minimum atomic E-state index is -0.914. The highest BCUT2D eigenvalue weighted by Gasteiger charge is 2.29. The van der Waals surface area contributed by atoms with Crippen molar-refractivity contribution in [2.24, 2.45) is 5.92 Å². The number of allylic oxidation sites excluding steroid dienone is 1. The summed E-state index contributed by atoms with van der Waals surface area (Å²) >= 11 is 0. The molecule has 0 radical (unpaired) electrons. The zero-order valence-corrected chi connectivity index (χ0v) is 15.9. The maximum atomic E-state index is 13.8. The number of hydrogen-bond donors (Lipinski definition) is 1. The van der Waals surface area contributed by atoms with Crippen molar-refractivity contribution >= 4 is 12.0 Å². The standard InChI is InChI=1S/C23H26FNO2/c1-25(2)15-20-10-9-17(11-16-5-3-7-19(12-16)23(26)27)13-22(20)18-6-4-8-21(24)14-18/h3-8,11-12,14,20,22H,9-10,13,15H2,1-2H3,(H,26,27)/b17-11+/t20-,22+/m1/s1. The Bertz CT molecular complexity index is 844. The molecule has 1 aliphatic carbocycles. The highest BCUT2D eigenvalue weighted by atomic mass is 19.1. The van der Waals surface area contributed by atoms with Gasteiger partial charge in [0, 0.05) is 6.54 Å². The predicted molar refractivity (Wildman–Crippen MR) is 106 cm³/mol. The second kappa shape index (κ2) is 8.49. The van der Waals surface area contributed by atoms with Crippen LogP contribution in [0.15, 0.2) is 54.1 Å². The Balaban J connectivity index is 1.87. The van der Waals surface area contributed by atoms with E-state index in [1.807, 2.05) is 12.1 Å². The molecule has 0 unspecified atom stereocenters. The third-order valence-corrected chi connectivity index (χ3v) is 5.27. The quantitative estimate of drug-likeness (QED) is 0.804. The van der Waals surface area contributed by atoms with Crippen LogP contribution in [0, 0.1) is 11.7 Å². The Labute approximate surface area is 160 Å². The topological polar surface area (TPSA) is 40.5 Å². The van der Waals surface area contributed by atoms with Crippen LogP contribution in [0.5, 0.6) is 0 Å². The van der Waals surface area contributed by atoms with Crippen molar-refractivity contribution in [2.75, 3.05) is 20.6 Å². The van der Waals surface area contributed by atoms with Crippen LogP contribution >= 0.6 is 0 Å². The van der Waals surface area contributed by atoms with Gasteiger partial charge in [0.2, 0.25) is 0 Å². The molecule has 1 fully saturated rings. The fraction of sp³-hybridized carbons (Fsp3) is 0.348. The van der Waals surface area contributed by atoms with Crippen LogP contribution in [-0.4, -0.2) is 36.6 Å². The lowest BCUT2D eigenvalue weighted by Gasteiger charge is -2.35. The van der Waals surface area contributed by atoms with Gasteiger partial charge in [0.05, 0.1) is 5.56 Å². The van der Waals surface area contributed by atoms with E-state index >= 15 is 0 Å². The molecule has 0 spiro atoms. The van der Waals surface area contributed by atoms with Gasteiger partial charge in [-0.2, -0.15) is 0 Å². The molecule has 27 heavy (non-hydrogen) atoms. The van der Waals surface area contributed by atoms with Crippen molar-refractivity contribution in [3.8, 4) is 0 Å². The normalized spacial score (nSPS) is 21.6. The Morgan fingerprint density at radius 3 is 2.70 bits per heavy atom. The minimum absolute atomic E-state index is 0.193. The van der Waals surface area contributed by atoms with Gasteiger partial charge in [-0.05, 0) is 80.6 Å². The average Bonchev–Trinajstić information content (AvgIpc) is 2.63. The van der Waals surface area contributed by atoms with Crippen molar-refractivity contribution in [1.29, 1.82) is 0 Å². The van der Waals surface area contributed by atoms with Gasteiger partial charge in [0.25, 0.3) is 0 Å². The fourth-order valence-electron chi connectivity index (χ4n) is 4.07. The van der Waals surface area contributed by atoms with Crippen LogP contribution < -0.4 is 0 Å². The molecule has 0 aromatic heterocycles. The number of hydrogen-bond acceptors (Lipinski definition) is 2. The lowest BCUT2D eigenvalue weighted by atomic mass is 9.73. The first-order chi connectivity index (χ1) is 12.9. The maximum Gasteiger partial charge on any atom is 0.335 e. The number of benzene rings is 2. The summed E-state index contributed by atoms with van der Waals surface area (Å²) in [6, 6.07) is 14.0. The summed E-state index contributed by atoms with van der Waals surface area (Å²) in [4.78, 5) is 13.4. The molecule has 1 saturated carbocycles. The highest BCUT2D eigenvalue weighted by Crippen LogP contribution is 2.41. The summed E-state index contributed by atoms with van der Waals surface area (Å²) in [6.45, 7) is 0.975. The lowest BCUT2D eigenvalue weighted by molar-refractivity contribution is 0.0697. The van der Waals surface area contributed by atoms with Crippen molar-refractivity contribution in [3.63, 3.8) is 0 Å². The number of carbonyl (C=O) groups is 1. The maximum absolute atomic E-state index is 13.8. The van der Waals surface area contributed by atoms with Gasteiger partial charge < -0.3 is 10.0 Å². The number of aromatic carboxylic acids is 1. The summed E-state index contributed by atoms with van der Waals surface area (Å²) in [7, 11) is 4.15. The van der Waals surface area contributed by atoms with Gasteiger partial charge in [-0.3, -0.25) is 0 Å². The van der Waals surface area contributed by atoms with Crippen LogP contribution in [-0.2, 0) is 0 Å². The summed E-state index contributed by atoms with van der Waals surface area (Å²) in [6.07, 6.45) is 5.01. The van der Waals surface area contributed by atoms with E-state index in [1.165, 1.54) is 11.6 Å². The third kappa shape index (κ3) is 5.04. The SMILES string of the molecule is CN(C)C[C@H]1CC/C(=C\c2cccc(C(=O)O)c2)C[C@H]1c1cccc(F)c1. The fourth-order valence-corrected chi connectivity index (χ4v) is 4.07.